The van der Waals surface area contributed by atoms with Crippen LogP contribution >= 0.6 is 24.0 Å². The Bertz CT molecular complexity index is 941. The molecular formula is C19H17NO3S2. The molecule has 2 fully saturated rings. The standard InChI is InChI=1S/C19H17NO3S2/c21-17-12(11-23-15-9-5-4-8-14(15)17)10-16-18(22)20(19(24)25-16)13-6-2-1-3-7-13/h4-5,8-11,13H,1-3,6-7H2/b16-10+. The van der Waals surface area contributed by atoms with E-state index in [1.807, 2.05) is 6.07 Å². The molecule has 128 valence electrons. The SMILES string of the molecule is O=C1/C(=C\c2coc3ccccc3c2=O)SC(=S)N1C1CCCCC1. The molecule has 1 amide bonds. The van der Waals surface area contributed by atoms with Crippen molar-refractivity contribution in [3.8, 4) is 0 Å². The van der Waals surface area contributed by atoms with Crippen LogP contribution in [-0.2, 0) is 4.79 Å². The number of carbonyl (C=O) groups is 1. The van der Waals surface area contributed by atoms with Crippen LogP contribution in [0.15, 0.2) is 44.6 Å². The Morgan fingerprint density at radius 3 is 2.72 bits per heavy atom. The van der Waals surface area contributed by atoms with E-state index in [-0.39, 0.29) is 17.4 Å². The highest BCUT2D eigenvalue weighted by Crippen LogP contribution is 2.37. The van der Waals surface area contributed by atoms with Crippen molar-refractivity contribution in [1.29, 1.82) is 0 Å². The Morgan fingerprint density at radius 2 is 1.92 bits per heavy atom. The number of hydrogen-bond acceptors (Lipinski definition) is 5. The normalized spacial score (nSPS) is 20.8. The van der Waals surface area contributed by atoms with E-state index in [1.165, 1.54) is 24.4 Å². The Labute approximate surface area is 154 Å². The molecule has 0 bridgehead atoms. The lowest BCUT2D eigenvalue weighted by Gasteiger charge is -2.29. The molecule has 1 aromatic carbocycles. The quantitative estimate of drug-likeness (QED) is 0.581. The van der Waals surface area contributed by atoms with Gasteiger partial charge < -0.3 is 4.42 Å². The number of hydrogen-bond donors (Lipinski definition) is 0. The number of para-hydroxylation sites is 1. The van der Waals surface area contributed by atoms with Gasteiger partial charge in [-0.2, -0.15) is 0 Å². The predicted octanol–water partition coefficient (Wildman–Crippen LogP) is 4.33. The molecule has 0 spiro atoms. The number of benzene rings is 1. The average Bonchev–Trinajstić information content (AvgIpc) is 2.92. The van der Waals surface area contributed by atoms with E-state index in [4.69, 9.17) is 16.6 Å². The highest BCUT2D eigenvalue weighted by molar-refractivity contribution is 8.26. The Balaban J connectivity index is 1.68. The van der Waals surface area contributed by atoms with Crippen molar-refractivity contribution < 1.29 is 9.21 Å². The average molecular weight is 371 g/mol. The third-order valence-electron chi connectivity index (χ3n) is 4.76. The van der Waals surface area contributed by atoms with Gasteiger partial charge in [0.15, 0.2) is 5.43 Å². The number of rotatable bonds is 2. The fourth-order valence-electron chi connectivity index (χ4n) is 3.47. The lowest BCUT2D eigenvalue weighted by atomic mass is 9.94. The fraction of sp³-hybridized carbons (Fsp3) is 0.316. The van der Waals surface area contributed by atoms with E-state index in [2.05, 4.69) is 0 Å². The lowest BCUT2D eigenvalue weighted by Crippen LogP contribution is -2.39. The second-order valence-electron chi connectivity index (χ2n) is 6.36. The van der Waals surface area contributed by atoms with Crippen LogP contribution < -0.4 is 5.43 Å². The minimum Gasteiger partial charge on any atom is -0.463 e. The van der Waals surface area contributed by atoms with Crippen molar-refractivity contribution in [3.05, 3.63) is 51.2 Å². The van der Waals surface area contributed by atoms with Gasteiger partial charge in [0.1, 0.15) is 16.2 Å². The Morgan fingerprint density at radius 1 is 1.16 bits per heavy atom. The third kappa shape index (κ3) is 3.04. The first kappa shape index (κ1) is 16.5. The number of thiocarbonyl (C=S) groups is 1. The molecule has 0 unspecified atom stereocenters. The zero-order valence-electron chi connectivity index (χ0n) is 13.6. The molecule has 0 atom stereocenters. The molecule has 2 aromatic rings. The monoisotopic (exact) mass is 371 g/mol. The van der Waals surface area contributed by atoms with Gasteiger partial charge in [0.05, 0.1) is 15.9 Å². The molecule has 0 radical (unpaired) electrons. The molecule has 1 saturated heterocycles. The van der Waals surface area contributed by atoms with Crippen molar-refractivity contribution in [2.24, 2.45) is 0 Å². The van der Waals surface area contributed by atoms with Gasteiger partial charge in [0.25, 0.3) is 5.91 Å². The zero-order chi connectivity index (χ0) is 17.4. The first-order valence-corrected chi connectivity index (χ1v) is 9.65. The summed E-state index contributed by atoms with van der Waals surface area (Å²) in [6.45, 7) is 0. The highest BCUT2D eigenvalue weighted by Gasteiger charge is 2.37. The fourth-order valence-corrected chi connectivity index (χ4v) is 4.86. The molecule has 4 nitrogen and oxygen atoms in total. The van der Waals surface area contributed by atoms with Crippen molar-refractivity contribution in [2.45, 2.75) is 38.1 Å². The number of nitrogens with zero attached hydrogens (tertiary/aromatic N) is 1. The van der Waals surface area contributed by atoms with Gasteiger partial charge in [-0.05, 0) is 31.1 Å². The second kappa shape index (κ2) is 6.77. The van der Waals surface area contributed by atoms with Crippen LogP contribution in [0.5, 0.6) is 0 Å². The van der Waals surface area contributed by atoms with Gasteiger partial charge in [-0.3, -0.25) is 14.5 Å². The molecule has 1 aliphatic carbocycles. The van der Waals surface area contributed by atoms with Gasteiger partial charge in [0, 0.05) is 6.04 Å². The summed E-state index contributed by atoms with van der Waals surface area (Å²) in [5.74, 6) is -0.0885. The molecule has 0 N–H and O–H groups in total. The number of carbonyl (C=O) groups excluding carboxylic acids is 1. The smallest absolute Gasteiger partial charge is 0.266 e. The number of fused-ring (bicyclic) bond motifs is 1. The molecule has 25 heavy (non-hydrogen) atoms. The molecular weight excluding hydrogens is 354 g/mol. The van der Waals surface area contributed by atoms with Crippen molar-refractivity contribution in [3.63, 3.8) is 0 Å². The number of amides is 1. The van der Waals surface area contributed by atoms with E-state index in [0.717, 1.165) is 25.7 Å². The van der Waals surface area contributed by atoms with Crippen LogP contribution in [0.2, 0.25) is 0 Å². The highest BCUT2D eigenvalue weighted by atomic mass is 32.2. The molecule has 1 aromatic heterocycles. The van der Waals surface area contributed by atoms with E-state index >= 15 is 0 Å². The Kier molecular flexibility index (Phi) is 4.48. The summed E-state index contributed by atoms with van der Waals surface area (Å²) in [5.41, 5.74) is 0.784. The van der Waals surface area contributed by atoms with E-state index in [9.17, 15) is 9.59 Å². The molecule has 1 aliphatic heterocycles. The summed E-state index contributed by atoms with van der Waals surface area (Å²) in [4.78, 5) is 27.7. The van der Waals surface area contributed by atoms with Gasteiger partial charge in [-0.25, -0.2) is 0 Å². The first-order chi connectivity index (χ1) is 12.1. The third-order valence-corrected chi connectivity index (χ3v) is 6.09. The van der Waals surface area contributed by atoms with Crippen molar-refractivity contribution >= 4 is 51.3 Å². The molecule has 2 aliphatic rings. The number of thioether (sulfide) groups is 1. The summed E-state index contributed by atoms with van der Waals surface area (Å²) < 4.78 is 6.12. The molecule has 2 heterocycles. The van der Waals surface area contributed by atoms with E-state index in [0.29, 0.717) is 25.8 Å². The van der Waals surface area contributed by atoms with E-state index in [1.54, 1.807) is 29.2 Å². The lowest BCUT2D eigenvalue weighted by molar-refractivity contribution is -0.124. The maximum atomic E-state index is 12.8. The van der Waals surface area contributed by atoms with Gasteiger partial charge in [-0.1, -0.05) is 55.4 Å². The van der Waals surface area contributed by atoms with Gasteiger partial charge >= 0.3 is 0 Å². The summed E-state index contributed by atoms with van der Waals surface area (Å²) >= 11 is 6.70. The van der Waals surface area contributed by atoms with Crippen LogP contribution in [-0.4, -0.2) is 21.2 Å². The maximum absolute atomic E-state index is 12.8. The van der Waals surface area contributed by atoms with Crippen molar-refractivity contribution in [2.75, 3.05) is 0 Å². The van der Waals surface area contributed by atoms with Crippen LogP contribution in [0.3, 0.4) is 0 Å². The van der Waals surface area contributed by atoms with E-state index < -0.39 is 0 Å². The summed E-state index contributed by atoms with van der Waals surface area (Å²) in [6, 6.07) is 7.29. The minimum absolute atomic E-state index is 0.0885. The van der Waals surface area contributed by atoms with Crippen LogP contribution in [0.1, 0.15) is 37.7 Å². The topological polar surface area (TPSA) is 50.5 Å². The molecule has 4 rings (SSSR count). The summed E-state index contributed by atoms with van der Waals surface area (Å²) in [7, 11) is 0. The van der Waals surface area contributed by atoms with Gasteiger partial charge in [-0.15, -0.1) is 0 Å². The van der Waals surface area contributed by atoms with Crippen molar-refractivity contribution in [1.82, 2.24) is 4.90 Å². The molecule has 6 heteroatoms. The maximum Gasteiger partial charge on any atom is 0.266 e. The Hall–Kier alpha value is -1.92. The largest absolute Gasteiger partial charge is 0.463 e. The first-order valence-electron chi connectivity index (χ1n) is 8.43. The predicted molar refractivity (Wildman–Crippen MR) is 104 cm³/mol. The minimum atomic E-state index is -0.134. The zero-order valence-corrected chi connectivity index (χ0v) is 15.2. The van der Waals surface area contributed by atoms with Crippen LogP contribution in [0.4, 0.5) is 0 Å². The summed E-state index contributed by atoms with van der Waals surface area (Å²) in [6.07, 6.45) is 8.51. The van der Waals surface area contributed by atoms with Crippen LogP contribution in [0, 0.1) is 0 Å². The van der Waals surface area contributed by atoms with Crippen LogP contribution in [0.25, 0.3) is 17.0 Å². The second-order valence-corrected chi connectivity index (χ2v) is 8.04. The van der Waals surface area contributed by atoms with Gasteiger partial charge in [0.2, 0.25) is 0 Å². The summed E-state index contributed by atoms with van der Waals surface area (Å²) in [5, 5.41) is 0.513. The molecule has 1 saturated carbocycles.